The Morgan fingerprint density at radius 3 is 2.87 bits per heavy atom. The maximum absolute atomic E-state index is 8.65. The van der Waals surface area contributed by atoms with Gasteiger partial charge in [-0.3, -0.25) is 0 Å². The molecule has 1 fully saturated rings. The normalized spacial score (nSPS) is 16.8. The number of nitrogens with two attached hydrogens (primary N) is 1. The highest BCUT2D eigenvalue weighted by Gasteiger charge is 2.36. The van der Waals surface area contributed by atoms with Crippen LogP contribution in [0, 0.1) is 11.3 Å². The van der Waals surface area contributed by atoms with Crippen LogP contribution in [0.5, 0.6) is 0 Å². The number of nitrogens with zero attached hydrogens (tertiary/aromatic N) is 1. The molecule has 2 rings (SSSR count). The molecule has 0 amide bonds. The van der Waals surface area contributed by atoms with Gasteiger partial charge in [0, 0.05) is 16.9 Å². The van der Waals surface area contributed by atoms with Crippen molar-refractivity contribution in [3.8, 4) is 6.07 Å². The van der Waals surface area contributed by atoms with Gasteiger partial charge in [-0.05, 0) is 43.5 Å². The first kappa shape index (κ1) is 9.85. The van der Waals surface area contributed by atoms with Crippen molar-refractivity contribution >= 4 is 11.4 Å². The minimum Gasteiger partial charge on any atom is -0.398 e. The van der Waals surface area contributed by atoms with Crippen molar-refractivity contribution in [3.63, 3.8) is 0 Å². The van der Waals surface area contributed by atoms with E-state index in [1.807, 2.05) is 18.2 Å². The lowest BCUT2D eigenvalue weighted by Gasteiger charge is -2.14. The number of nitrogens with one attached hydrogen (secondary N) is 1. The Hall–Kier alpha value is -1.69. The van der Waals surface area contributed by atoms with Crippen LogP contribution >= 0.6 is 0 Å². The maximum atomic E-state index is 8.65. The van der Waals surface area contributed by atoms with E-state index in [1.54, 1.807) is 0 Å². The molecule has 78 valence electrons. The summed E-state index contributed by atoms with van der Waals surface area (Å²) in [4.78, 5) is 0. The van der Waals surface area contributed by atoms with E-state index in [0.717, 1.165) is 11.3 Å². The molecule has 3 nitrogen and oxygen atoms in total. The largest absolute Gasteiger partial charge is 0.398 e. The van der Waals surface area contributed by atoms with Crippen molar-refractivity contribution in [2.45, 2.75) is 31.7 Å². The predicted octanol–water partition coefficient (Wildman–Crippen LogP) is 2.30. The minimum atomic E-state index is 0.264. The number of anilines is 2. The molecule has 3 N–H and O–H groups in total. The van der Waals surface area contributed by atoms with Crippen molar-refractivity contribution < 1.29 is 0 Å². The molecule has 0 atom stereocenters. The predicted molar refractivity (Wildman–Crippen MR) is 61.4 cm³/mol. The molecule has 15 heavy (non-hydrogen) atoms. The molecule has 1 aromatic carbocycles. The monoisotopic (exact) mass is 201 g/mol. The summed E-state index contributed by atoms with van der Waals surface area (Å²) in [6, 6.07) is 7.93. The third kappa shape index (κ3) is 2.21. The fraction of sp³-hybridized carbons (Fsp3) is 0.417. The molecule has 1 aliphatic rings. The van der Waals surface area contributed by atoms with E-state index in [1.165, 1.54) is 12.8 Å². The molecular weight excluding hydrogens is 186 g/mol. The van der Waals surface area contributed by atoms with E-state index in [0.29, 0.717) is 12.1 Å². The van der Waals surface area contributed by atoms with Crippen molar-refractivity contribution in [2.24, 2.45) is 0 Å². The number of hydrogen-bond donors (Lipinski definition) is 2. The molecule has 1 aliphatic carbocycles. The fourth-order valence-corrected chi connectivity index (χ4v) is 1.58. The second-order valence-electron chi connectivity index (χ2n) is 4.43. The number of benzene rings is 1. The van der Waals surface area contributed by atoms with Gasteiger partial charge in [-0.2, -0.15) is 5.26 Å². The lowest BCUT2D eigenvalue weighted by molar-refractivity contribution is 0.829. The van der Waals surface area contributed by atoms with Crippen LogP contribution in [0.15, 0.2) is 18.2 Å². The Bertz CT molecular complexity index is 413. The summed E-state index contributed by atoms with van der Waals surface area (Å²) in [5.74, 6) is 0. The van der Waals surface area contributed by atoms with E-state index < -0.39 is 0 Å². The van der Waals surface area contributed by atoms with Gasteiger partial charge in [0.15, 0.2) is 0 Å². The molecule has 1 aromatic rings. The number of rotatable bonds is 3. The van der Waals surface area contributed by atoms with E-state index in [-0.39, 0.29) is 5.54 Å². The second kappa shape index (κ2) is 3.47. The topological polar surface area (TPSA) is 61.8 Å². The van der Waals surface area contributed by atoms with Crippen LogP contribution in [0.2, 0.25) is 0 Å². The molecule has 0 radical (unpaired) electrons. The smallest absolute Gasteiger partial charge is 0.0670 e. The van der Waals surface area contributed by atoms with Crippen LogP contribution in [-0.2, 0) is 6.42 Å². The number of hydrogen-bond acceptors (Lipinski definition) is 3. The van der Waals surface area contributed by atoms with Crippen LogP contribution < -0.4 is 11.1 Å². The highest BCUT2D eigenvalue weighted by Crippen LogP contribution is 2.38. The summed E-state index contributed by atoms with van der Waals surface area (Å²) in [5, 5.41) is 12.1. The quantitative estimate of drug-likeness (QED) is 0.737. The maximum Gasteiger partial charge on any atom is 0.0670 e. The standard InChI is InChI=1S/C12H15N3/c1-12(5-6-12)15-10-2-3-11(14)9(8-10)4-7-13/h2-3,8,15H,4-6,14H2,1H3. The zero-order valence-corrected chi connectivity index (χ0v) is 8.88. The number of nitrogen functional groups attached to an aromatic ring is 1. The van der Waals surface area contributed by atoms with E-state index in [4.69, 9.17) is 11.0 Å². The molecule has 3 heteroatoms. The Morgan fingerprint density at radius 2 is 2.27 bits per heavy atom. The lowest BCUT2D eigenvalue weighted by atomic mass is 10.1. The summed E-state index contributed by atoms with van der Waals surface area (Å²) in [7, 11) is 0. The van der Waals surface area contributed by atoms with Gasteiger partial charge in [0.2, 0.25) is 0 Å². The van der Waals surface area contributed by atoms with Crippen molar-refractivity contribution in [1.82, 2.24) is 0 Å². The molecular formula is C12H15N3. The highest BCUT2D eigenvalue weighted by molar-refractivity contribution is 5.59. The van der Waals surface area contributed by atoms with Gasteiger partial charge in [-0.1, -0.05) is 0 Å². The first-order valence-corrected chi connectivity index (χ1v) is 5.16. The van der Waals surface area contributed by atoms with Crippen molar-refractivity contribution in [1.29, 1.82) is 5.26 Å². The fourth-order valence-electron chi connectivity index (χ4n) is 1.58. The summed E-state index contributed by atoms with van der Waals surface area (Å²) in [6.07, 6.45) is 2.80. The summed E-state index contributed by atoms with van der Waals surface area (Å²) >= 11 is 0. The van der Waals surface area contributed by atoms with Gasteiger partial charge in [0.25, 0.3) is 0 Å². The SMILES string of the molecule is CC1(Nc2ccc(N)c(CC#N)c2)CC1. The Balaban J connectivity index is 2.19. The minimum absolute atomic E-state index is 0.264. The van der Waals surface area contributed by atoms with Crippen molar-refractivity contribution in [3.05, 3.63) is 23.8 Å². The zero-order valence-electron chi connectivity index (χ0n) is 8.88. The van der Waals surface area contributed by atoms with E-state index in [9.17, 15) is 0 Å². The first-order valence-electron chi connectivity index (χ1n) is 5.16. The molecule has 0 aliphatic heterocycles. The zero-order chi connectivity index (χ0) is 10.9. The molecule has 0 saturated heterocycles. The van der Waals surface area contributed by atoms with Gasteiger partial charge in [-0.25, -0.2) is 0 Å². The average Bonchev–Trinajstić information content (AvgIpc) is 2.90. The van der Waals surface area contributed by atoms with Gasteiger partial charge >= 0.3 is 0 Å². The molecule has 0 bridgehead atoms. The van der Waals surface area contributed by atoms with Crippen molar-refractivity contribution in [2.75, 3.05) is 11.1 Å². The highest BCUT2D eigenvalue weighted by atomic mass is 15.0. The summed E-state index contributed by atoms with van der Waals surface area (Å²) < 4.78 is 0. The molecule has 1 saturated carbocycles. The molecule has 0 spiro atoms. The molecule has 0 unspecified atom stereocenters. The van der Waals surface area contributed by atoms with Gasteiger partial charge in [0.1, 0.15) is 0 Å². The van der Waals surface area contributed by atoms with Crippen LogP contribution in [0.1, 0.15) is 25.3 Å². The van der Waals surface area contributed by atoms with Crippen LogP contribution in [0.4, 0.5) is 11.4 Å². The summed E-state index contributed by atoms with van der Waals surface area (Å²) in [5.41, 5.74) is 8.71. The van der Waals surface area contributed by atoms with Crippen LogP contribution in [0.3, 0.4) is 0 Å². The van der Waals surface area contributed by atoms with Gasteiger partial charge < -0.3 is 11.1 Å². The van der Waals surface area contributed by atoms with Gasteiger partial charge in [-0.15, -0.1) is 0 Å². The third-order valence-electron chi connectivity index (χ3n) is 2.86. The molecule has 0 heterocycles. The van der Waals surface area contributed by atoms with Crippen LogP contribution in [0.25, 0.3) is 0 Å². The Labute approximate surface area is 89.9 Å². The lowest BCUT2D eigenvalue weighted by Crippen LogP contribution is -2.16. The Morgan fingerprint density at radius 1 is 1.53 bits per heavy atom. The van der Waals surface area contributed by atoms with E-state index >= 15 is 0 Å². The molecule has 0 aromatic heterocycles. The third-order valence-corrected chi connectivity index (χ3v) is 2.86. The van der Waals surface area contributed by atoms with Crippen LogP contribution in [-0.4, -0.2) is 5.54 Å². The second-order valence-corrected chi connectivity index (χ2v) is 4.43. The summed E-state index contributed by atoms with van der Waals surface area (Å²) in [6.45, 7) is 2.20. The number of nitriles is 1. The van der Waals surface area contributed by atoms with Gasteiger partial charge in [0.05, 0.1) is 12.5 Å². The first-order chi connectivity index (χ1) is 7.13. The Kier molecular flexibility index (Phi) is 2.28. The van der Waals surface area contributed by atoms with E-state index in [2.05, 4.69) is 18.3 Å². The average molecular weight is 201 g/mol.